The highest BCUT2D eigenvalue weighted by molar-refractivity contribution is 5.29. The zero-order valence-corrected chi connectivity index (χ0v) is 8.17. The first kappa shape index (κ1) is 12.0. The number of aliphatic hydroxyl groups excluding tert-OH is 1. The molecule has 0 radical (unpaired) electrons. The molecule has 0 amide bonds. The van der Waals surface area contributed by atoms with Crippen molar-refractivity contribution in [3.8, 4) is 0 Å². The molecule has 0 saturated carbocycles. The number of halogens is 3. The number of hydrogen-bond acceptors (Lipinski definition) is 2. The normalized spacial score (nSPS) is 16.1. The minimum Gasteiger partial charge on any atom is -0.394 e. The van der Waals surface area contributed by atoms with Crippen LogP contribution in [0.1, 0.15) is 18.1 Å². The summed E-state index contributed by atoms with van der Waals surface area (Å²) < 4.78 is 36.7. The molecule has 1 aromatic carbocycles. The lowest BCUT2D eigenvalue weighted by atomic mass is 9.93. The summed E-state index contributed by atoms with van der Waals surface area (Å²) in [6.45, 7) is 1.23. The van der Waals surface area contributed by atoms with Gasteiger partial charge in [-0.2, -0.15) is 13.2 Å². The molecule has 0 aromatic heterocycles. The molecule has 0 spiro atoms. The lowest BCUT2D eigenvalue weighted by Crippen LogP contribution is -2.36. The lowest BCUT2D eigenvalue weighted by Gasteiger charge is -2.22. The van der Waals surface area contributed by atoms with Crippen molar-refractivity contribution in [1.82, 2.24) is 0 Å². The second-order valence-corrected chi connectivity index (χ2v) is 3.65. The Morgan fingerprint density at radius 2 is 1.53 bits per heavy atom. The van der Waals surface area contributed by atoms with Crippen LogP contribution in [-0.4, -0.2) is 11.7 Å². The molecule has 1 aromatic rings. The largest absolute Gasteiger partial charge is 0.416 e. The van der Waals surface area contributed by atoms with E-state index in [4.69, 9.17) is 10.8 Å². The molecule has 0 aliphatic heterocycles. The second-order valence-electron chi connectivity index (χ2n) is 3.65. The second kappa shape index (κ2) is 3.83. The van der Waals surface area contributed by atoms with Gasteiger partial charge in [0.25, 0.3) is 0 Å². The van der Waals surface area contributed by atoms with Crippen LogP contribution in [0.5, 0.6) is 0 Å². The van der Waals surface area contributed by atoms with Crippen molar-refractivity contribution in [1.29, 1.82) is 0 Å². The van der Waals surface area contributed by atoms with E-state index in [0.717, 1.165) is 12.1 Å². The lowest BCUT2D eigenvalue weighted by molar-refractivity contribution is -0.137. The number of rotatable bonds is 2. The van der Waals surface area contributed by atoms with E-state index < -0.39 is 17.3 Å². The van der Waals surface area contributed by atoms with E-state index in [2.05, 4.69) is 0 Å². The van der Waals surface area contributed by atoms with E-state index in [0.29, 0.717) is 5.56 Å². The van der Waals surface area contributed by atoms with Crippen molar-refractivity contribution < 1.29 is 18.3 Å². The van der Waals surface area contributed by atoms with Crippen molar-refractivity contribution in [2.75, 3.05) is 6.61 Å². The average molecular weight is 219 g/mol. The molecule has 0 fully saturated rings. The van der Waals surface area contributed by atoms with Crippen molar-refractivity contribution in [2.24, 2.45) is 5.73 Å². The molecule has 84 valence electrons. The Kier molecular flexibility index (Phi) is 3.06. The molecule has 0 aliphatic rings. The van der Waals surface area contributed by atoms with Gasteiger partial charge in [0, 0.05) is 0 Å². The minimum atomic E-state index is -4.34. The molecule has 0 heterocycles. The highest BCUT2D eigenvalue weighted by Gasteiger charge is 2.30. The fourth-order valence-corrected chi connectivity index (χ4v) is 1.13. The summed E-state index contributed by atoms with van der Waals surface area (Å²) in [6.07, 6.45) is -4.34. The van der Waals surface area contributed by atoms with Crippen LogP contribution in [0.15, 0.2) is 24.3 Å². The van der Waals surface area contributed by atoms with E-state index in [1.54, 1.807) is 6.92 Å². The molecule has 3 N–H and O–H groups in total. The Morgan fingerprint density at radius 3 is 1.87 bits per heavy atom. The maximum atomic E-state index is 12.2. The van der Waals surface area contributed by atoms with E-state index >= 15 is 0 Å². The van der Waals surface area contributed by atoms with Gasteiger partial charge >= 0.3 is 6.18 Å². The molecule has 15 heavy (non-hydrogen) atoms. The molecule has 0 bridgehead atoms. The summed E-state index contributed by atoms with van der Waals surface area (Å²) in [6, 6.07) is 4.46. The minimum absolute atomic E-state index is 0.321. The smallest absolute Gasteiger partial charge is 0.394 e. The Bertz CT molecular complexity index is 330. The van der Waals surface area contributed by atoms with Crippen LogP contribution in [-0.2, 0) is 11.7 Å². The molecule has 2 nitrogen and oxygen atoms in total. The summed E-state index contributed by atoms with van der Waals surface area (Å²) >= 11 is 0. The van der Waals surface area contributed by atoms with Crippen molar-refractivity contribution in [2.45, 2.75) is 18.6 Å². The third kappa shape index (κ3) is 2.70. The van der Waals surface area contributed by atoms with Crippen LogP contribution in [0.3, 0.4) is 0 Å². The molecule has 0 saturated heterocycles. The Balaban J connectivity index is 3.01. The van der Waals surface area contributed by atoms with Crippen molar-refractivity contribution in [3.05, 3.63) is 35.4 Å². The number of nitrogens with two attached hydrogens (primary N) is 1. The van der Waals surface area contributed by atoms with Gasteiger partial charge in [-0.3, -0.25) is 0 Å². The summed E-state index contributed by atoms with van der Waals surface area (Å²) in [4.78, 5) is 0. The number of hydrogen-bond donors (Lipinski definition) is 2. The van der Waals surface area contributed by atoms with Crippen molar-refractivity contribution >= 4 is 0 Å². The fraction of sp³-hybridized carbons (Fsp3) is 0.400. The maximum absolute atomic E-state index is 12.2. The predicted molar refractivity (Wildman–Crippen MR) is 50.1 cm³/mol. The molecule has 1 rings (SSSR count). The molecule has 0 unspecified atom stereocenters. The number of aliphatic hydroxyl groups is 1. The summed E-state index contributed by atoms with van der Waals surface area (Å²) in [5, 5.41) is 8.93. The van der Waals surface area contributed by atoms with Crippen LogP contribution >= 0.6 is 0 Å². The van der Waals surface area contributed by atoms with E-state index in [-0.39, 0.29) is 6.61 Å². The van der Waals surface area contributed by atoms with Crippen LogP contribution in [0, 0.1) is 0 Å². The molecule has 0 aliphatic carbocycles. The van der Waals surface area contributed by atoms with Gasteiger partial charge in [0.1, 0.15) is 0 Å². The highest BCUT2D eigenvalue weighted by atomic mass is 19.4. The molecular formula is C10H12F3NO. The van der Waals surface area contributed by atoms with E-state index in [1.807, 2.05) is 0 Å². The van der Waals surface area contributed by atoms with Crippen LogP contribution in [0.2, 0.25) is 0 Å². The zero-order valence-electron chi connectivity index (χ0n) is 8.17. The third-order valence-electron chi connectivity index (χ3n) is 2.20. The van der Waals surface area contributed by atoms with Gasteiger partial charge in [0.15, 0.2) is 0 Å². The number of benzene rings is 1. The van der Waals surface area contributed by atoms with Gasteiger partial charge < -0.3 is 10.8 Å². The molecule has 1 atom stereocenters. The highest BCUT2D eigenvalue weighted by Crippen LogP contribution is 2.30. The summed E-state index contributed by atoms with van der Waals surface area (Å²) in [7, 11) is 0. The van der Waals surface area contributed by atoms with Gasteiger partial charge in [-0.25, -0.2) is 0 Å². The Labute approximate surface area is 85.5 Å². The first-order chi connectivity index (χ1) is 6.77. The zero-order chi connectivity index (χ0) is 11.7. The molecular weight excluding hydrogens is 207 g/mol. The van der Waals surface area contributed by atoms with Crippen LogP contribution < -0.4 is 5.73 Å². The van der Waals surface area contributed by atoms with Crippen molar-refractivity contribution in [3.63, 3.8) is 0 Å². The topological polar surface area (TPSA) is 46.2 Å². The van der Waals surface area contributed by atoms with Gasteiger partial charge in [-0.05, 0) is 24.6 Å². The van der Waals surface area contributed by atoms with E-state index in [1.165, 1.54) is 12.1 Å². The van der Waals surface area contributed by atoms with Crippen LogP contribution in [0.25, 0.3) is 0 Å². The predicted octanol–water partition coefficient (Wildman–Crippen LogP) is 1.87. The van der Waals surface area contributed by atoms with Crippen LogP contribution in [0.4, 0.5) is 13.2 Å². The SMILES string of the molecule is C[C@](N)(CO)c1ccc(C(F)(F)F)cc1. The fourth-order valence-electron chi connectivity index (χ4n) is 1.13. The Morgan fingerprint density at radius 1 is 1.13 bits per heavy atom. The Hall–Kier alpha value is -1.07. The summed E-state index contributed by atoms with van der Waals surface area (Å²) in [5.74, 6) is 0. The number of alkyl halides is 3. The monoisotopic (exact) mass is 219 g/mol. The third-order valence-corrected chi connectivity index (χ3v) is 2.20. The van der Waals surface area contributed by atoms with Gasteiger partial charge in [-0.1, -0.05) is 12.1 Å². The molecule has 5 heteroatoms. The maximum Gasteiger partial charge on any atom is 0.416 e. The van der Waals surface area contributed by atoms with Gasteiger partial charge in [0.05, 0.1) is 17.7 Å². The summed E-state index contributed by atoms with van der Waals surface area (Å²) in [5.41, 5.74) is 4.40. The average Bonchev–Trinajstić information content (AvgIpc) is 2.17. The quantitative estimate of drug-likeness (QED) is 0.797. The van der Waals surface area contributed by atoms with Gasteiger partial charge in [0.2, 0.25) is 0 Å². The standard InChI is InChI=1S/C10H12F3NO/c1-9(14,6-15)7-2-4-8(5-3-7)10(11,12)13/h2-5,15H,6,14H2,1H3/t9-/m0/s1. The first-order valence-corrected chi connectivity index (χ1v) is 4.35. The van der Waals surface area contributed by atoms with E-state index in [9.17, 15) is 13.2 Å². The first-order valence-electron chi connectivity index (χ1n) is 4.35. The van der Waals surface area contributed by atoms with Gasteiger partial charge in [-0.15, -0.1) is 0 Å².